The summed E-state index contributed by atoms with van der Waals surface area (Å²) in [5, 5.41) is 33.4. The standard InChI is InChI=1S/C33H42N10O4/c44-19-17-43(18-20-45)33-41-31(36-15-11-29(46)34-13-9-23-21-38-27-7-3-1-5-25(23)27)40-32(42-33)37-16-12-30(47)35-14-10-24-22-39-28-8-4-2-6-26(24)28/h1-8,21-22,38-39,44-45H,9-20H2,(H,34,46)(H,35,47)(H2,36,37,40,41,42). The summed E-state index contributed by atoms with van der Waals surface area (Å²) in [6.07, 6.45) is 5.77. The van der Waals surface area contributed by atoms with Gasteiger partial charge in [0.2, 0.25) is 29.7 Å². The predicted octanol–water partition coefficient (Wildman–Crippen LogP) is 1.95. The number of amides is 2. The van der Waals surface area contributed by atoms with Crippen molar-refractivity contribution in [3.8, 4) is 0 Å². The Hall–Kier alpha value is -5.21. The Labute approximate surface area is 272 Å². The van der Waals surface area contributed by atoms with E-state index >= 15 is 0 Å². The van der Waals surface area contributed by atoms with Crippen molar-refractivity contribution in [2.75, 3.05) is 68.0 Å². The van der Waals surface area contributed by atoms with Gasteiger partial charge >= 0.3 is 0 Å². The smallest absolute Gasteiger partial charge is 0.232 e. The predicted molar refractivity (Wildman–Crippen MR) is 182 cm³/mol. The van der Waals surface area contributed by atoms with E-state index < -0.39 is 0 Å². The SMILES string of the molecule is O=C(CCNc1nc(NCCC(=O)NCCc2c[nH]c3ccccc23)nc(N(CCO)CCO)n1)NCCc1c[nH]c2ccccc12. The Balaban J connectivity index is 1.09. The van der Waals surface area contributed by atoms with Crippen LogP contribution in [0.3, 0.4) is 0 Å². The number of para-hydroxylation sites is 2. The molecule has 0 atom stereocenters. The van der Waals surface area contributed by atoms with Crippen molar-refractivity contribution >= 4 is 51.5 Å². The normalized spacial score (nSPS) is 11.1. The van der Waals surface area contributed by atoms with Crippen LogP contribution in [-0.4, -0.2) is 99.4 Å². The van der Waals surface area contributed by atoms with Gasteiger partial charge in [-0.3, -0.25) is 9.59 Å². The fourth-order valence-electron chi connectivity index (χ4n) is 5.32. The van der Waals surface area contributed by atoms with Crippen LogP contribution in [0.1, 0.15) is 24.0 Å². The second kappa shape index (κ2) is 16.9. The Kier molecular flexibility index (Phi) is 11.9. The van der Waals surface area contributed by atoms with Crippen LogP contribution in [0.15, 0.2) is 60.9 Å². The lowest BCUT2D eigenvalue weighted by atomic mass is 10.1. The number of nitrogens with one attached hydrogen (secondary N) is 6. The van der Waals surface area contributed by atoms with Crippen molar-refractivity contribution in [3.63, 3.8) is 0 Å². The summed E-state index contributed by atoms with van der Waals surface area (Å²) in [5.74, 6) is 0.492. The molecule has 0 saturated carbocycles. The monoisotopic (exact) mass is 642 g/mol. The van der Waals surface area contributed by atoms with Gasteiger partial charge in [0.1, 0.15) is 0 Å². The minimum atomic E-state index is -0.158. The highest BCUT2D eigenvalue weighted by Crippen LogP contribution is 2.19. The highest BCUT2D eigenvalue weighted by atomic mass is 16.3. The first-order valence-electron chi connectivity index (χ1n) is 15.9. The number of hydrogen-bond acceptors (Lipinski definition) is 10. The molecule has 14 nitrogen and oxygen atoms in total. The van der Waals surface area contributed by atoms with Gasteiger partial charge in [0.05, 0.1) is 13.2 Å². The van der Waals surface area contributed by atoms with Crippen LogP contribution in [0.2, 0.25) is 0 Å². The Morgan fingerprint density at radius 2 is 1.13 bits per heavy atom. The second-order valence-corrected chi connectivity index (χ2v) is 11.0. The van der Waals surface area contributed by atoms with E-state index in [0.29, 0.717) is 25.9 Å². The number of aromatic nitrogens is 5. The lowest BCUT2D eigenvalue weighted by Gasteiger charge is -2.21. The highest BCUT2D eigenvalue weighted by molar-refractivity contribution is 5.84. The number of H-pyrrole nitrogens is 2. The summed E-state index contributed by atoms with van der Waals surface area (Å²) < 4.78 is 0. The number of fused-ring (bicyclic) bond motifs is 2. The summed E-state index contributed by atoms with van der Waals surface area (Å²) >= 11 is 0. The number of aliphatic hydroxyl groups excluding tert-OH is 2. The molecular formula is C33H42N10O4. The maximum atomic E-state index is 12.5. The molecule has 8 N–H and O–H groups in total. The van der Waals surface area contributed by atoms with Gasteiger partial charge in [0, 0.05) is 86.3 Å². The third kappa shape index (κ3) is 9.40. The first-order chi connectivity index (χ1) is 23.0. The van der Waals surface area contributed by atoms with Crippen LogP contribution in [-0.2, 0) is 22.4 Å². The zero-order valence-corrected chi connectivity index (χ0v) is 26.3. The summed E-state index contributed by atoms with van der Waals surface area (Å²) in [7, 11) is 0. The minimum absolute atomic E-state index is 0.108. The zero-order chi connectivity index (χ0) is 32.8. The first-order valence-corrected chi connectivity index (χ1v) is 15.9. The van der Waals surface area contributed by atoms with Gasteiger partial charge in [-0.05, 0) is 36.1 Å². The number of aromatic amines is 2. The summed E-state index contributed by atoms with van der Waals surface area (Å²) in [5.41, 5.74) is 4.44. The molecule has 14 heteroatoms. The van der Waals surface area contributed by atoms with Crippen LogP contribution in [0.25, 0.3) is 21.8 Å². The molecule has 0 bridgehead atoms. The van der Waals surface area contributed by atoms with Crippen LogP contribution < -0.4 is 26.2 Å². The molecule has 3 heterocycles. The molecule has 5 aromatic rings. The van der Waals surface area contributed by atoms with Gasteiger partial charge in [-0.2, -0.15) is 15.0 Å². The van der Waals surface area contributed by atoms with Gasteiger partial charge in [-0.25, -0.2) is 0 Å². The zero-order valence-electron chi connectivity index (χ0n) is 26.3. The number of hydrogen-bond donors (Lipinski definition) is 8. The molecule has 47 heavy (non-hydrogen) atoms. The van der Waals surface area contributed by atoms with Gasteiger partial charge in [0.15, 0.2) is 0 Å². The van der Waals surface area contributed by atoms with Gasteiger partial charge < -0.3 is 46.3 Å². The fraction of sp³-hybridized carbons (Fsp3) is 0.364. The van der Waals surface area contributed by atoms with E-state index in [2.05, 4.69) is 58.3 Å². The Morgan fingerprint density at radius 3 is 1.60 bits per heavy atom. The average Bonchev–Trinajstić information content (AvgIpc) is 3.69. The molecule has 0 spiro atoms. The molecule has 0 aliphatic carbocycles. The number of anilines is 3. The molecule has 0 saturated heterocycles. The molecular weight excluding hydrogens is 600 g/mol. The Bertz CT molecular complexity index is 1630. The minimum Gasteiger partial charge on any atom is -0.395 e. The number of aliphatic hydroxyl groups is 2. The van der Waals surface area contributed by atoms with E-state index in [-0.39, 0.29) is 81.9 Å². The van der Waals surface area contributed by atoms with Crippen molar-refractivity contribution in [3.05, 3.63) is 72.1 Å². The first kappa shape index (κ1) is 33.2. The van der Waals surface area contributed by atoms with Crippen molar-refractivity contribution in [2.24, 2.45) is 0 Å². The lowest BCUT2D eigenvalue weighted by molar-refractivity contribution is -0.121. The maximum absolute atomic E-state index is 12.5. The third-order valence-electron chi connectivity index (χ3n) is 7.70. The number of carbonyl (C=O) groups is 2. The molecule has 0 aliphatic rings. The largest absolute Gasteiger partial charge is 0.395 e. The molecule has 0 radical (unpaired) electrons. The lowest BCUT2D eigenvalue weighted by Crippen LogP contribution is -2.32. The van der Waals surface area contributed by atoms with E-state index in [0.717, 1.165) is 32.9 Å². The fourth-order valence-corrected chi connectivity index (χ4v) is 5.32. The molecule has 0 unspecified atom stereocenters. The molecule has 3 aromatic heterocycles. The maximum Gasteiger partial charge on any atom is 0.232 e. The summed E-state index contributed by atoms with van der Waals surface area (Å²) in [4.78, 5) is 46.4. The molecule has 0 fully saturated rings. The van der Waals surface area contributed by atoms with E-state index in [1.807, 2.05) is 48.8 Å². The average molecular weight is 643 g/mol. The number of benzene rings is 2. The number of rotatable bonds is 19. The summed E-state index contributed by atoms with van der Waals surface area (Å²) in [6, 6.07) is 16.1. The quantitative estimate of drug-likeness (QED) is 0.0659. The molecule has 0 aliphatic heterocycles. The van der Waals surface area contributed by atoms with Crippen molar-refractivity contribution in [1.82, 2.24) is 35.6 Å². The highest BCUT2D eigenvalue weighted by Gasteiger charge is 2.14. The van der Waals surface area contributed by atoms with Gasteiger partial charge in [-0.15, -0.1) is 0 Å². The van der Waals surface area contributed by atoms with Crippen LogP contribution in [0.5, 0.6) is 0 Å². The van der Waals surface area contributed by atoms with Crippen LogP contribution in [0.4, 0.5) is 17.8 Å². The Morgan fingerprint density at radius 1 is 0.660 bits per heavy atom. The van der Waals surface area contributed by atoms with Crippen molar-refractivity contribution in [2.45, 2.75) is 25.7 Å². The number of carbonyl (C=O) groups excluding carboxylic acids is 2. The summed E-state index contributed by atoms with van der Waals surface area (Å²) in [6.45, 7) is 1.68. The second-order valence-electron chi connectivity index (χ2n) is 11.0. The molecule has 2 aromatic carbocycles. The van der Waals surface area contributed by atoms with Crippen LogP contribution >= 0.6 is 0 Å². The van der Waals surface area contributed by atoms with Crippen molar-refractivity contribution in [1.29, 1.82) is 0 Å². The van der Waals surface area contributed by atoms with Crippen LogP contribution in [0, 0.1) is 0 Å². The van der Waals surface area contributed by atoms with E-state index in [1.165, 1.54) is 0 Å². The molecule has 248 valence electrons. The third-order valence-corrected chi connectivity index (χ3v) is 7.70. The van der Waals surface area contributed by atoms with E-state index in [4.69, 9.17) is 0 Å². The van der Waals surface area contributed by atoms with Crippen molar-refractivity contribution < 1.29 is 19.8 Å². The molecule has 5 rings (SSSR count). The van der Waals surface area contributed by atoms with E-state index in [9.17, 15) is 19.8 Å². The van der Waals surface area contributed by atoms with Gasteiger partial charge in [-0.1, -0.05) is 36.4 Å². The topological polar surface area (TPSA) is 196 Å². The van der Waals surface area contributed by atoms with E-state index in [1.54, 1.807) is 4.90 Å². The van der Waals surface area contributed by atoms with Gasteiger partial charge in [0.25, 0.3) is 0 Å². The number of nitrogens with zero attached hydrogens (tertiary/aromatic N) is 4. The molecule has 2 amide bonds.